The number of aromatic nitrogens is 1. The highest BCUT2D eigenvalue weighted by molar-refractivity contribution is 7.90. The third-order valence-electron chi connectivity index (χ3n) is 4.64. The maximum absolute atomic E-state index is 12.5. The van der Waals surface area contributed by atoms with Gasteiger partial charge in [-0.2, -0.15) is 0 Å². The summed E-state index contributed by atoms with van der Waals surface area (Å²) in [4.78, 5) is 32.9. The number of carbonyl (C=O) groups is 2. The number of amides is 2. The highest BCUT2D eigenvalue weighted by Crippen LogP contribution is 2.18. The molecule has 0 aliphatic carbocycles. The fraction of sp³-hybridized carbons (Fsp3) is 0.421. The molecular weight excluding hydrogens is 412 g/mol. The normalized spacial score (nSPS) is 15.3. The summed E-state index contributed by atoms with van der Waals surface area (Å²) in [6.45, 7) is 2.97. The van der Waals surface area contributed by atoms with E-state index in [1.807, 2.05) is 6.07 Å². The quantitative estimate of drug-likeness (QED) is 0.698. The van der Waals surface area contributed by atoms with Gasteiger partial charge in [-0.3, -0.25) is 19.8 Å². The van der Waals surface area contributed by atoms with Gasteiger partial charge in [0.1, 0.15) is 9.84 Å². The maximum Gasteiger partial charge on any atom is 0.257 e. The van der Waals surface area contributed by atoms with Crippen molar-refractivity contribution in [3.05, 3.63) is 47.0 Å². The Kier molecular flexibility index (Phi) is 6.99. The number of nitrogens with one attached hydrogen (secondary N) is 1. The van der Waals surface area contributed by atoms with E-state index in [4.69, 9.17) is 0 Å². The van der Waals surface area contributed by atoms with Gasteiger partial charge in [0.25, 0.3) is 5.91 Å². The first-order valence-electron chi connectivity index (χ1n) is 9.29. The second-order valence-corrected chi connectivity index (χ2v) is 10.1. The fourth-order valence-corrected chi connectivity index (χ4v) is 4.28. The zero-order chi connectivity index (χ0) is 20.9. The molecule has 0 unspecified atom stereocenters. The predicted octanol–water partition coefficient (Wildman–Crippen LogP) is 1.13. The molecule has 1 N–H and O–H groups in total. The van der Waals surface area contributed by atoms with Crippen LogP contribution in [0, 0.1) is 0 Å². The van der Waals surface area contributed by atoms with E-state index >= 15 is 0 Å². The molecule has 1 aliphatic heterocycles. The average Bonchev–Trinajstić information content (AvgIpc) is 3.13. The van der Waals surface area contributed by atoms with Crippen LogP contribution in [0.15, 0.2) is 35.7 Å². The molecule has 29 heavy (non-hydrogen) atoms. The molecule has 2 amide bonds. The summed E-state index contributed by atoms with van der Waals surface area (Å²) in [6, 6.07) is 8.88. The van der Waals surface area contributed by atoms with Gasteiger partial charge in [0.2, 0.25) is 5.91 Å². The Bertz CT molecular complexity index is 952. The van der Waals surface area contributed by atoms with E-state index in [0.717, 1.165) is 0 Å². The van der Waals surface area contributed by atoms with Crippen molar-refractivity contribution in [3.8, 4) is 0 Å². The molecule has 1 aliphatic rings. The van der Waals surface area contributed by atoms with E-state index in [1.165, 1.54) is 17.6 Å². The van der Waals surface area contributed by atoms with Crippen molar-refractivity contribution in [2.75, 3.05) is 50.0 Å². The molecule has 0 bridgehead atoms. The van der Waals surface area contributed by atoms with Crippen LogP contribution in [0.4, 0.5) is 5.13 Å². The Balaban J connectivity index is 1.46. The lowest BCUT2D eigenvalue weighted by Crippen LogP contribution is -2.50. The summed E-state index contributed by atoms with van der Waals surface area (Å²) < 4.78 is 22.6. The summed E-state index contributed by atoms with van der Waals surface area (Å²) in [7, 11) is -2.98. The first-order chi connectivity index (χ1) is 13.8. The number of rotatable bonds is 7. The monoisotopic (exact) mass is 436 g/mol. The molecule has 2 aromatic rings. The Morgan fingerprint density at radius 3 is 2.48 bits per heavy atom. The number of anilines is 1. The molecule has 156 valence electrons. The SMILES string of the molecule is CS(=O)(=O)CCN1CCN(C(=O)Cc2csc(NC(=O)c3ccccc3)n2)CC1. The third-order valence-corrected chi connectivity index (χ3v) is 6.37. The topological polar surface area (TPSA) is 99.7 Å². The van der Waals surface area contributed by atoms with Gasteiger partial charge in [0.05, 0.1) is 17.9 Å². The van der Waals surface area contributed by atoms with Gasteiger partial charge in [-0.15, -0.1) is 11.3 Å². The van der Waals surface area contributed by atoms with Crippen LogP contribution in [-0.2, 0) is 21.1 Å². The lowest BCUT2D eigenvalue weighted by molar-refractivity contribution is -0.132. The van der Waals surface area contributed by atoms with Crippen LogP contribution in [0.5, 0.6) is 0 Å². The molecule has 8 nitrogen and oxygen atoms in total. The van der Waals surface area contributed by atoms with Crippen molar-refractivity contribution in [2.24, 2.45) is 0 Å². The highest BCUT2D eigenvalue weighted by Gasteiger charge is 2.22. The van der Waals surface area contributed by atoms with E-state index in [0.29, 0.717) is 49.1 Å². The van der Waals surface area contributed by atoms with E-state index in [1.54, 1.807) is 34.5 Å². The molecule has 1 saturated heterocycles. The number of benzene rings is 1. The highest BCUT2D eigenvalue weighted by atomic mass is 32.2. The number of thiazole rings is 1. The largest absolute Gasteiger partial charge is 0.340 e. The lowest BCUT2D eigenvalue weighted by Gasteiger charge is -2.34. The molecule has 2 heterocycles. The molecular formula is C19H24N4O4S2. The first kappa shape index (κ1) is 21.4. The molecule has 0 saturated carbocycles. The summed E-state index contributed by atoms with van der Waals surface area (Å²) in [5.41, 5.74) is 1.18. The van der Waals surface area contributed by atoms with Gasteiger partial charge in [0, 0.05) is 49.9 Å². The van der Waals surface area contributed by atoms with E-state index in [9.17, 15) is 18.0 Å². The van der Waals surface area contributed by atoms with E-state index in [2.05, 4.69) is 15.2 Å². The maximum atomic E-state index is 12.5. The number of nitrogens with zero attached hydrogens (tertiary/aromatic N) is 3. The van der Waals surface area contributed by atoms with Crippen LogP contribution in [0.3, 0.4) is 0 Å². The van der Waals surface area contributed by atoms with Gasteiger partial charge in [-0.1, -0.05) is 18.2 Å². The minimum absolute atomic E-state index is 0.0148. The van der Waals surface area contributed by atoms with Crippen LogP contribution < -0.4 is 5.32 Å². The lowest BCUT2D eigenvalue weighted by atomic mass is 10.2. The number of carbonyl (C=O) groups excluding carboxylic acids is 2. The number of hydrogen-bond donors (Lipinski definition) is 1. The average molecular weight is 437 g/mol. The van der Waals surface area contributed by atoms with Crippen molar-refractivity contribution in [1.82, 2.24) is 14.8 Å². The predicted molar refractivity (Wildman–Crippen MR) is 113 cm³/mol. The molecule has 1 aromatic heterocycles. The smallest absolute Gasteiger partial charge is 0.257 e. The Morgan fingerprint density at radius 2 is 1.83 bits per heavy atom. The minimum Gasteiger partial charge on any atom is -0.340 e. The van der Waals surface area contributed by atoms with Crippen LogP contribution in [0.25, 0.3) is 0 Å². The summed E-state index contributed by atoms with van der Waals surface area (Å²) >= 11 is 1.29. The van der Waals surface area contributed by atoms with Crippen LogP contribution in [0.2, 0.25) is 0 Å². The Labute approximate surface area is 174 Å². The standard InChI is InChI=1S/C19H24N4O4S2/c1-29(26,27)12-11-22-7-9-23(10-8-22)17(24)13-16-14-28-19(20-16)21-18(25)15-5-3-2-4-6-15/h2-6,14H,7-13H2,1H3,(H,20,21,25). The van der Waals surface area contributed by atoms with Gasteiger partial charge in [-0.05, 0) is 12.1 Å². The number of sulfone groups is 1. The van der Waals surface area contributed by atoms with E-state index < -0.39 is 9.84 Å². The van der Waals surface area contributed by atoms with Crippen molar-refractivity contribution >= 4 is 38.1 Å². The minimum atomic E-state index is -2.98. The number of piperazine rings is 1. The number of hydrogen-bond acceptors (Lipinski definition) is 7. The van der Waals surface area contributed by atoms with Gasteiger partial charge in [0.15, 0.2) is 5.13 Å². The molecule has 0 radical (unpaired) electrons. The van der Waals surface area contributed by atoms with Gasteiger partial charge in [-0.25, -0.2) is 13.4 Å². The second kappa shape index (κ2) is 9.47. The van der Waals surface area contributed by atoms with E-state index in [-0.39, 0.29) is 24.0 Å². The van der Waals surface area contributed by atoms with Crippen LogP contribution in [-0.4, -0.2) is 79.7 Å². The van der Waals surface area contributed by atoms with Crippen molar-refractivity contribution < 1.29 is 18.0 Å². The molecule has 10 heteroatoms. The summed E-state index contributed by atoms with van der Waals surface area (Å²) in [5, 5.41) is 4.99. The molecule has 0 spiro atoms. The molecule has 3 rings (SSSR count). The second-order valence-electron chi connectivity index (χ2n) is 6.99. The first-order valence-corrected chi connectivity index (χ1v) is 12.2. The molecule has 0 atom stereocenters. The van der Waals surface area contributed by atoms with Crippen molar-refractivity contribution in [2.45, 2.75) is 6.42 Å². The van der Waals surface area contributed by atoms with Crippen molar-refractivity contribution in [3.63, 3.8) is 0 Å². The molecule has 1 fully saturated rings. The molecule has 1 aromatic carbocycles. The summed E-state index contributed by atoms with van der Waals surface area (Å²) in [6.07, 6.45) is 1.41. The van der Waals surface area contributed by atoms with Crippen LogP contribution in [0.1, 0.15) is 16.1 Å². The van der Waals surface area contributed by atoms with Crippen molar-refractivity contribution in [1.29, 1.82) is 0 Å². The third kappa shape index (κ3) is 6.62. The van der Waals surface area contributed by atoms with Gasteiger partial charge < -0.3 is 4.90 Å². The zero-order valence-electron chi connectivity index (χ0n) is 16.2. The summed E-state index contributed by atoms with van der Waals surface area (Å²) in [5.74, 6) is -0.112. The van der Waals surface area contributed by atoms with Crippen LogP contribution >= 0.6 is 11.3 Å². The van der Waals surface area contributed by atoms with Gasteiger partial charge >= 0.3 is 0 Å². The zero-order valence-corrected chi connectivity index (χ0v) is 17.8. The Morgan fingerprint density at radius 1 is 1.14 bits per heavy atom. The fourth-order valence-electron chi connectivity index (χ4n) is 2.99. The Hall–Kier alpha value is -2.30.